The zero-order chi connectivity index (χ0) is 18.3. The number of carbonyl (C=O) groups excluding carboxylic acids is 1. The first kappa shape index (κ1) is 19.2. The summed E-state index contributed by atoms with van der Waals surface area (Å²) < 4.78 is 69.9. The molecule has 0 aliphatic heterocycles. The van der Waals surface area contributed by atoms with E-state index in [1.165, 1.54) is 13.2 Å². The Morgan fingerprint density at radius 1 is 1.33 bits per heavy atom. The molecule has 0 heterocycles. The first-order valence-corrected chi connectivity index (χ1v) is 9.16. The molecule has 0 unspecified atom stereocenters. The fraction of sp³-hybridized carbons (Fsp3) is 0.500. The van der Waals surface area contributed by atoms with Crippen molar-refractivity contribution in [2.45, 2.75) is 35.3 Å². The molecule has 24 heavy (non-hydrogen) atoms. The Morgan fingerprint density at radius 3 is 2.42 bits per heavy atom. The van der Waals surface area contributed by atoms with E-state index >= 15 is 0 Å². The zero-order valence-electron chi connectivity index (χ0n) is 12.3. The van der Waals surface area contributed by atoms with Crippen LogP contribution in [0, 0.1) is 5.92 Å². The Balaban J connectivity index is 2.48. The minimum atomic E-state index is -4.86. The van der Waals surface area contributed by atoms with Crippen LogP contribution < -0.4 is 5.11 Å². The number of carboxylic acids is 1. The van der Waals surface area contributed by atoms with Gasteiger partial charge in [-0.3, -0.25) is 0 Å². The summed E-state index contributed by atoms with van der Waals surface area (Å²) in [6, 6.07) is 2.75. The molecule has 0 saturated heterocycles. The number of benzene rings is 1. The largest absolute Gasteiger partial charge is 0.550 e. The van der Waals surface area contributed by atoms with E-state index in [1.54, 1.807) is 0 Å². The molecular formula is C14H13BrF3O5S-. The van der Waals surface area contributed by atoms with Crippen molar-refractivity contribution >= 4 is 31.7 Å². The van der Waals surface area contributed by atoms with Gasteiger partial charge in [0.2, 0.25) is 0 Å². The summed E-state index contributed by atoms with van der Waals surface area (Å²) in [4.78, 5) is 10.2. The summed E-state index contributed by atoms with van der Waals surface area (Å²) in [6.45, 7) is 0. The fourth-order valence-corrected chi connectivity index (χ4v) is 5.23. The number of ether oxygens (including phenoxy) is 1. The van der Waals surface area contributed by atoms with Crippen LogP contribution in [-0.4, -0.2) is 32.9 Å². The highest BCUT2D eigenvalue weighted by atomic mass is 79.9. The van der Waals surface area contributed by atoms with Gasteiger partial charge in [-0.25, -0.2) is 8.42 Å². The fourth-order valence-electron chi connectivity index (χ4n) is 2.87. The lowest BCUT2D eigenvalue weighted by atomic mass is 10.1. The maximum absolute atomic E-state index is 13.2. The number of hydrogen-bond donors (Lipinski definition) is 0. The predicted molar refractivity (Wildman–Crippen MR) is 78.6 cm³/mol. The van der Waals surface area contributed by atoms with Crippen molar-refractivity contribution in [3.63, 3.8) is 0 Å². The van der Waals surface area contributed by atoms with E-state index in [1.807, 2.05) is 0 Å². The Hall–Kier alpha value is -1.13. The first-order valence-electron chi connectivity index (χ1n) is 6.82. The molecule has 0 N–H and O–H groups in total. The van der Waals surface area contributed by atoms with Crippen LogP contribution in [0.3, 0.4) is 0 Å². The molecule has 3 atom stereocenters. The predicted octanol–water partition coefficient (Wildman–Crippen LogP) is 1.79. The summed E-state index contributed by atoms with van der Waals surface area (Å²) in [5.74, 6) is -2.66. The van der Waals surface area contributed by atoms with E-state index in [9.17, 15) is 31.5 Å². The van der Waals surface area contributed by atoms with E-state index in [4.69, 9.17) is 4.74 Å². The highest BCUT2D eigenvalue weighted by molar-refractivity contribution is 9.10. The lowest BCUT2D eigenvalue weighted by Gasteiger charge is -2.18. The maximum atomic E-state index is 13.2. The van der Waals surface area contributed by atoms with E-state index in [0.717, 1.165) is 6.07 Å². The summed E-state index contributed by atoms with van der Waals surface area (Å²) in [6.07, 6.45) is -6.33. The van der Waals surface area contributed by atoms with Crippen LogP contribution in [-0.2, 0) is 25.5 Å². The molecule has 1 saturated carbocycles. The van der Waals surface area contributed by atoms with Crippen molar-refractivity contribution in [1.29, 1.82) is 0 Å². The normalized spacial score (nSPS) is 25.0. The summed E-state index contributed by atoms with van der Waals surface area (Å²) >= 11 is 2.89. The molecule has 5 nitrogen and oxygen atoms in total. The van der Waals surface area contributed by atoms with Gasteiger partial charge in [-0.05, 0) is 31.0 Å². The Kier molecular flexibility index (Phi) is 5.31. The van der Waals surface area contributed by atoms with E-state index in [2.05, 4.69) is 15.9 Å². The average Bonchev–Trinajstić information content (AvgIpc) is 2.91. The molecule has 1 aromatic carbocycles. The second-order valence-corrected chi connectivity index (χ2v) is 8.59. The van der Waals surface area contributed by atoms with Crippen molar-refractivity contribution < 1.29 is 36.2 Å². The second-order valence-electron chi connectivity index (χ2n) is 5.48. The van der Waals surface area contributed by atoms with Gasteiger partial charge in [0.15, 0.2) is 9.84 Å². The van der Waals surface area contributed by atoms with Crippen molar-refractivity contribution in [1.82, 2.24) is 0 Å². The van der Waals surface area contributed by atoms with Crippen LogP contribution in [0.5, 0.6) is 0 Å². The molecule has 0 radical (unpaired) electrons. The van der Waals surface area contributed by atoms with Crippen LogP contribution in [0.4, 0.5) is 13.2 Å². The Morgan fingerprint density at radius 2 is 1.96 bits per heavy atom. The number of aliphatic carboxylic acids is 1. The summed E-state index contributed by atoms with van der Waals surface area (Å²) in [5, 5.41) is 9.79. The molecule has 1 aliphatic carbocycles. The second kappa shape index (κ2) is 6.64. The van der Waals surface area contributed by atoms with E-state index in [-0.39, 0.29) is 17.3 Å². The number of methoxy groups -OCH3 is 1. The Labute approximate surface area is 144 Å². The third kappa shape index (κ3) is 3.60. The minimum Gasteiger partial charge on any atom is -0.550 e. The molecule has 10 heteroatoms. The van der Waals surface area contributed by atoms with Gasteiger partial charge in [-0.2, -0.15) is 13.2 Å². The number of hydrogen-bond acceptors (Lipinski definition) is 5. The first-order chi connectivity index (χ1) is 11.0. The van der Waals surface area contributed by atoms with Crippen LogP contribution >= 0.6 is 15.9 Å². The van der Waals surface area contributed by atoms with Crippen LogP contribution in [0.15, 0.2) is 27.6 Å². The SMILES string of the molecule is CO[C@H]1C[C@@H](S(=O)(=O)c2ccc(Br)cc2C(F)(F)F)C[C@@H]1C(=O)[O-]. The van der Waals surface area contributed by atoms with Gasteiger partial charge < -0.3 is 14.6 Å². The third-order valence-electron chi connectivity index (χ3n) is 4.06. The van der Waals surface area contributed by atoms with Crippen molar-refractivity contribution in [3.05, 3.63) is 28.2 Å². The molecule has 1 fully saturated rings. The molecule has 1 aliphatic rings. The van der Waals surface area contributed by atoms with Gasteiger partial charge in [0.05, 0.1) is 21.8 Å². The van der Waals surface area contributed by atoms with E-state index in [0.29, 0.717) is 6.07 Å². The topological polar surface area (TPSA) is 83.5 Å². The van der Waals surface area contributed by atoms with Gasteiger partial charge in [-0.1, -0.05) is 15.9 Å². The molecule has 0 bridgehead atoms. The smallest absolute Gasteiger partial charge is 0.417 e. The highest BCUT2D eigenvalue weighted by Gasteiger charge is 2.45. The van der Waals surface area contributed by atoms with Crippen LogP contribution in [0.2, 0.25) is 0 Å². The van der Waals surface area contributed by atoms with Crippen LogP contribution in [0.25, 0.3) is 0 Å². The number of carboxylic acid groups (broad SMARTS) is 1. The highest BCUT2D eigenvalue weighted by Crippen LogP contribution is 2.41. The molecule has 0 spiro atoms. The van der Waals surface area contributed by atoms with Gasteiger partial charge in [0.1, 0.15) is 0 Å². The number of rotatable bonds is 4. The number of sulfone groups is 1. The van der Waals surface area contributed by atoms with Gasteiger partial charge >= 0.3 is 6.18 Å². The number of alkyl halides is 3. The Bertz CT molecular complexity index is 747. The monoisotopic (exact) mass is 429 g/mol. The molecule has 1 aromatic rings. The van der Waals surface area contributed by atoms with Gasteiger partial charge in [-0.15, -0.1) is 0 Å². The maximum Gasteiger partial charge on any atom is 0.417 e. The summed E-state index contributed by atoms with van der Waals surface area (Å²) in [7, 11) is -3.17. The van der Waals surface area contributed by atoms with Crippen molar-refractivity contribution in [2.75, 3.05) is 7.11 Å². The quantitative estimate of drug-likeness (QED) is 0.728. The minimum absolute atomic E-state index is 0.0857. The average molecular weight is 430 g/mol. The number of carbonyl (C=O) groups is 1. The molecule has 134 valence electrons. The lowest BCUT2D eigenvalue weighted by molar-refractivity contribution is -0.313. The molecular weight excluding hydrogens is 417 g/mol. The van der Waals surface area contributed by atoms with Crippen molar-refractivity contribution in [3.8, 4) is 0 Å². The molecule has 0 amide bonds. The van der Waals surface area contributed by atoms with Crippen molar-refractivity contribution in [2.24, 2.45) is 5.92 Å². The van der Waals surface area contributed by atoms with Gasteiger partial charge in [0.25, 0.3) is 0 Å². The van der Waals surface area contributed by atoms with E-state index < -0.39 is 49.7 Å². The zero-order valence-corrected chi connectivity index (χ0v) is 14.7. The van der Waals surface area contributed by atoms with Crippen LogP contribution in [0.1, 0.15) is 18.4 Å². The molecule has 0 aromatic heterocycles. The molecule has 2 rings (SSSR count). The summed E-state index contributed by atoms with van der Waals surface area (Å²) in [5.41, 5.74) is -1.29. The standard InChI is InChI=1S/C14H14BrF3O5S/c1-23-11-6-8(5-9(11)13(19)20)24(21,22)12-3-2-7(15)4-10(12)14(16,17)18/h2-4,8-9,11H,5-6H2,1H3,(H,19,20)/p-1/t8-,9-,11-/m0/s1. The third-order valence-corrected chi connectivity index (χ3v) is 6.78. The lowest BCUT2D eigenvalue weighted by Crippen LogP contribution is -2.36. The number of halogens is 4. The van der Waals surface area contributed by atoms with Gasteiger partial charge in [0, 0.05) is 23.5 Å².